The fourth-order valence-electron chi connectivity index (χ4n) is 1.96. The maximum absolute atomic E-state index is 13.8. The SMILES string of the molecule is Cc1cc(Br)cc(C)c1NC(=O)c1ccc(Br)cc1F. The Kier molecular flexibility index (Phi) is 4.60. The normalized spacial score (nSPS) is 10.4. The summed E-state index contributed by atoms with van der Waals surface area (Å²) >= 11 is 6.57. The van der Waals surface area contributed by atoms with Gasteiger partial charge in [-0.05, 0) is 55.3 Å². The zero-order chi connectivity index (χ0) is 14.9. The van der Waals surface area contributed by atoms with Crippen molar-refractivity contribution in [3.63, 3.8) is 0 Å². The molecule has 0 atom stereocenters. The summed E-state index contributed by atoms with van der Waals surface area (Å²) in [7, 11) is 0. The Labute approximate surface area is 133 Å². The van der Waals surface area contributed by atoms with Crippen molar-refractivity contribution in [2.75, 3.05) is 5.32 Å². The number of nitrogens with one attached hydrogen (secondary N) is 1. The van der Waals surface area contributed by atoms with Crippen molar-refractivity contribution in [1.29, 1.82) is 0 Å². The number of halogens is 3. The van der Waals surface area contributed by atoms with Crippen molar-refractivity contribution in [2.24, 2.45) is 0 Å². The van der Waals surface area contributed by atoms with Crippen LogP contribution < -0.4 is 5.32 Å². The standard InChI is InChI=1S/C15H12Br2FNO/c1-8-5-11(17)6-9(2)14(8)19-15(20)12-4-3-10(16)7-13(12)18/h3-7H,1-2H3,(H,19,20). The van der Waals surface area contributed by atoms with Crippen LogP contribution in [0.25, 0.3) is 0 Å². The number of anilines is 1. The third kappa shape index (κ3) is 3.27. The van der Waals surface area contributed by atoms with Gasteiger partial charge in [0.2, 0.25) is 0 Å². The van der Waals surface area contributed by atoms with Gasteiger partial charge in [0.1, 0.15) is 5.82 Å². The molecule has 0 bridgehead atoms. The molecule has 0 aliphatic carbocycles. The van der Waals surface area contributed by atoms with Crippen LogP contribution in [0, 0.1) is 19.7 Å². The monoisotopic (exact) mass is 399 g/mol. The van der Waals surface area contributed by atoms with E-state index in [0.717, 1.165) is 15.6 Å². The molecule has 1 N–H and O–H groups in total. The van der Waals surface area contributed by atoms with E-state index >= 15 is 0 Å². The van der Waals surface area contributed by atoms with Crippen molar-refractivity contribution in [1.82, 2.24) is 0 Å². The van der Waals surface area contributed by atoms with Gasteiger partial charge < -0.3 is 5.32 Å². The second-order valence-corrected chi connectivity index (χ2v) is 6.32. The Hall–Kier alpha value is -1.20. The summed E-state index contributed by atoms with van der Waals surface area (Å²) in [5.74, 6) is -1.01. The number of benzene rings is 2. The summed E-state index contributed by atoms with van der Waals surface area (Å²) in [5, 5.41) is 2.77. The molecule has 1 amide bonds. The molecule has 2 rings (SSSR count). The molecular formula is C15H12Br2FNO. The minimum atomic E-state index is -0.552. The highest BCUT2D eigenvalue weighted by atomic mass is 79.9. The van der Waals surface area contributed by atoms with E-state index in [2.05, 4.69) is 37.2 Å². The zero-order valence-corrected chi connectivity index (χ0v) is 14.1. The van der Waals surface area contributed by atoms with Crippen LogP contribution in [0.1, 0.15) is 21.5 Å². The summed E-state index contributed by atoms with van der Waals surface area (Å²) in [6.45, 7) is 3.79. The van der Waals surface area contributed by atoms with E-state index in [4.69, 9.17) is 0 Å². The third-order valence-corrected chi connectivity index (χ3v) is 3.86. The number of carbonyl (C=O) groups is 1. The molecular weight excluding hydrogens is 389 g/mol. The minimum Gasteiger partial charge on any atom is -0.321 e. The van der Waals surface area contributed by atoms with Crippen molar-refractivity contribution in [2.45, 2.75) is 13.8 Å². The first-order valence-electron chi connectivity index (χ1n) is 5.91. The van der Waals surface area contributed by atoms with Crippen LogP contribution in [0.5, 0.6) is 0 Å². The number of carbonyl (C=O) groups excluding carboxylic acids is 1. The van der Waals surface area contributed by atoms with Gasteiger partial charge in [0.25, 0.3) is 5.91 Å². The van der Waals surface area contributed by atoms with Crippen LogP contribution in [-0.4, -0.2) is 5.91 Å². The Bertz CT molecular complexity index is 663. The Morgan fingerprint density at radius 3 is 2.20 bits per heavy atom. The van der Waals surface area contributed by atoms with E-state index in [0.29, 0.717) is 10.2 Å². The quantitative estimate of drug-likeness (QED) is 0.735. The van der Waals surface area contributed by atoms with Crippen LogP contribution in [0.15, 0.2) is 39.3 Å². The predicted octanol–water partition coefficient (Wildman–Crippen LogP) is 5.22. The lowest BCUT2D eigenvalue weighted by Gasteiger charge is -2.12. The van der Waals surface area contributed by atoms with Gasteiger partial charge in [-0.3, -0.25) is 4.79 Å². The Morgan fingerprint density at radius 2 is 1.65 bits per heavy atom. The molecule has 0 saturated carbocycles. The molecule has 0 aliphatic rings. The fourth-order valence-corrected chi connectivity index (χ4v) is 2.98. The molecule has 0 spiro atoms. The van der Waals surface area contributed by atoms with Crippen LogP contribution in [0.3, 0.4) is 0 Å². The van der Waals surface area contributed by atoms with E-state index in [1.165, 1.54) is 12.1 Å². The lowest BCUT2D eigenvalue weighted by molar-refractivity contribution is 0.102. The largest absolute Gasteiger partial charge is 0.321 e. The van der Waals surface area contributed by atoms with E-state index in [1.807, 2.05) is 26.0 Å². The molecule has 2 aromatic carbocycles. The van der Waals surface area contributed by atoms with Crippen LogP contribution in [0.4, 0.5) is 10.1 Å². The molecule has 0 aliphatic heterocycles. The molecule has 5 heteroatoms. The van der Waals surface area contributed by atoms with Crippen molar-refractivity contribution in [3.05, 3.63) is 61.8 Å². The number of aryl methyl sites for hydroxylation is 2. The number of amides is 1. The first-order chi connectivity index (χ1) is 9.38. The second-order valence-electron chi connectivity index (χ2n) is 4.49. The topological polar surface area (TPSA) is 29.1 Å². The van der Waals surface area contributed by atoms with E-state index in [9.17, 15) is 9.18 Å². The van der Waals surface area contributed by atoms with Crippen molar-refractivity contribution >= 4 is 43.5 Å². The lowest BCUT2D eigenvalue weighted by Crippen LogP contribution is -2.15. The van der Waals surface area contributed by atoms with E-state index < -0.39 is 11.7 Å². The predicted molar refractivity (Wildman–Crippen MR) is 85.7 cm³/mol. The highest BCUT2D eigenvalue weighted by Crippen LogP contribution is 2.26. The van der Waals surface area contributed by atoms with Crippen LogP contribution >= 0.6 is 31.9 Å². The molecule has 2 nitrogen and oxygen atoms in total. The van der Waals surface area contributed by atoms with E-state index in [-0.39, 0.29) is 5.56 Å². The van der Waals surface area contributed by atoms with E-state index in [1.54, 1.807) is 6.07 Å². The van der Waals surface area contributed by atoms with Gasteiger partial charge in [-0.1, -0.05) is 31.9 Å². The highest BCUT2D eigenvalue weighted by Gasteiger charge is 2.14. The molecule has 104 valence electrons. The van der Waals surface area contributed by atoms with Crippen molar-refractivity contribution < 1.29 is 9.18 Å². The van der Waals surface area contributed by atoms with Crippen LogP contribution in [0.2, 0.25) is 0 Å². The van der Waals surface area contributed by atoms with Gasteiger partial charge in [-0.2, -0.15) is 0 Å². The summed E-state index contributed by atoms with van der Waals surface area (Å²) in [5.41, 5.74) is 2.57. The molecule has 0 aromatic heterocycles. The summed E-state index contributed by atoms with van der Waals surface area (Å²) in [4.78, 5) is 12.2. The smallest absolute Gasteiger partial charge is 0.258 e. The van der Waals surface area contributed by atoms with Gasteiger partial charge in [-0.25, -0.2) is 4.39 Å². The molecule has 0 heterocycles. The molecule has 2 aromatic rings. The van der Waals surface area contributed by atoms with Gasteiger partial charge >= 0.3 is 0 Å². The minimum absolute atomic E-state index is 0.0231. The summed E-state index contributed by atoms with van der Waals surface area (Å²) in [6.07, 6.45) is 0. The molecule has 0 saturated heterocycles. The highest BCUT2D eigenvalue weighted by molar-refractivity contribution is 9.10. The average molecular weight is 401 g/mol. The average Bonchev–Trinajstić information content (AvgIpc) is 2.33. The molecule has 0 fully saturated rings. The number of hydrogen-bond donors (Lipinski definition) is 1. The van der Waals surface area contributed by atoms with Crippen molar-refractivity contribution in [3.8, 4) is 0 Å². The van der Waals surface area contributed by atoms with Gasteiger partial charge in [0, 0.05) is 14.6 Å². The lowest BCUT2D eigenvalue weighted by atomic mass is 10.1. The first kappa shape index (κ1) is 15.2. The summed E-state index contributed by atoms with van der Waals surface area (Å²) in [6, 6.07) is 8.18. The van der Waals surface area contributed by atoms with Crippen LogP contribution in [-0.2, 0) is 0 Å². The fraction of sp³-hybridized carbons (Fsp3) is 0.133. The first-order valence-corrected chi connectivity index (χ1v) is 7.50. The molecule has 0 radical (unpaired) electrons. The second kappa shape index (κ2) is 6.06. The number of rotatable bonds is 2. The van der Waals surface area contributed by atoms with Gasteiger partial charge in [0.05, 0.1) is 5.56 Å². The number of hydrogen-bond acceptors (Lipinski definition) is 1. The third-order valence-electron chi connectivity index (χ3n) is 2.91. The molecule has 20 heavy (non-hydrogen) atoms. The summed E-state index contributed by atoms with van der Waals surface area (Å²) < 4.78 is 15.3. The Balaban J connectivity index is 2.33. The maximum atomic E-state index is 13.8. The Morgan fingerprint density at radius 1 is 1.05 bits per heavy atom. The van der Waals surface area contributed by atoms with Gasteiger partial charge in [0.15, 0.2) is 0 Å². The molecule has 0 unspecified atom stereocenters. The van der Waals surface area contributed by atoms with Gasteiger partial charge in [-0.15, -0.1) is 0 Å². The zero-order valence-electron chi connectivity index (χ0n) is 10.9. The maximum Gasteiger partial charge on any atom is 0.258 e.